The Labute approximate surface area is 183 Å². The van der Waals surface area contributed by atoms with Crippen molar-refractivity contribution in [3.63, 3.8) is 0 Å². The zero-order valence-corrected chi connectivity index (χ0v) is 19.0. The third-order valence-corrected chi connectivity index (χ3v) is 5.57. The minimum atomic E-state index is -0.545. The van der Waals surface area contributed by atoms with Crippen molar-refractivity contribution < 1.29 is 9.59 Å². The first-order valence-electron chi connectivity index (χ1n) is 9.69. The van der Waals surface area contributed by atoms with Gasteiger partial charge in [0.2, 0.25) is 11.8 Å². The predicted octanol–water partition coefficient (Wildman–Crippen LogP) is 4.81. The second-order valence-corrected chi connectivity index (χ2v) is 9.47. The third-order valence-electron chi connectivity index (χ3n) is 4.33. The lowest BCUT2D eigenvalue weighted by atomic mass is 10.1. The monoisotopic (exact) mass is 432 g/mol. The fourth-order valence-corrected chi connectivity index (χ4v) is 3.71. The molecule has 0 heterocycles. The Kier molecular flexibility index (Phi) is 8.60. The molecule has 1 atom stereocenters. The van der Waals surface area contributed by atoms with E-state index in [1.165, 1.54) is 11.8 Å². The van der Waals surface area contributed by atoms with Crippen molar-refractivity contribution in [1.82, 2.24) is 10.2 Å². The molecule has 156 valence electrons. The number of hydrogen-bond donors (Lipinski definition) is 1. The molecule has 0 saturated carbocycles. The molecular weight excluding hydrogens is 404 g/mol. The molecule has 0 fully saturated rings. The molecule has 0 aliphatic rings. The Hall–Kier alpha value is -1.98. The van der Waals surface area contributed by atoms with Gasteiger partial charge < -0.3 is 10.2 Å². The summed E-state index contributed by atoms with van der Waals surface area (Å²) in [5.41, 5.74) is 0.788. The SMILES string of the molecule is CC(C(=O)NC(C)(C)C)N(CCc1ccccc1)C(=O)CSc1ccc(Cl)cc1. The van der Waals surface area contributed by atoms with Crippen molar-refractivity contribution in [2.24, 2.45) is 0 Å². The number of halogens is 1. The van der Waals surface area contributed by atoms with Gasteiger partial charge in [0.15, 0.2) is 0 Å². The van der Waals surface area contributed by atoms with Crippen molar-refractivity contribution in [2.45, 2.75) is 50.6 Å². The highest BCUT2D eigenvalue weighted by Gasteiger charge is 2.28. The average molecular weight is 433 g/mol. The van der Waals surface area contributed by atoms with Crippen LogP contribution in [-0.4, -0.2) is 40.6 Å². The molecule has 2 amide bonds. The summed E-state index contributed by atoms with van der Waals surface area (Å²) in [4.78, 5) is 28.4. The van der Waals surface area contributed by atoms with Crippen LogP contribution in [0.2, 0.25) is 5.02 Å². The molecule has 0 aliphatic carbocycles. The van der Waals surface area contributed by atoms with Crippen molar-refractivity contribution in [3.05, 3.63) is 65.2 Å². The number of rotatable bonds is 8. The fourth-order valence-electron chi connectivity index (χ4n) is 2.80. The molecule has 2 aromatic rings. The van der Waals surface area contributed by atoms with Crippen molar-refractivity contribution in [3.8, 4) is 0 Å². The van der Waals surface area contributed by atoms with Gasteiger partial charge in [0.05, 0.1) is 5.75 Å². The van der Waals surface area contributed by atoms with Gasteiger partial charge in [0.25, 0.3) is 0 Å². The van der Waals surface area contributed by atoms with Gasteiger partial charge in [-0.3, -0.25) is 9.59 Å². The molecule has 29 heavy (non-hydrogen) atoms. The van der Waals surface area contributed by atoms with E-state index in [1.54, 1.807) is 24.0 Å². The Bertz CT molecular complexity index is 804. The first-order valence-corrected chi connectivity index (χ1v) is 11.1. The minimum Gasteiger partial charge on any atom is -0.350 e. The molecule has 0 saturated heterocycles. The summed E-state index contributed by atoms with van der Waals surface area (Å²) in [6, 6.07) is 16.8. The lowest BCUT2D eigenvalue weighted by Crippen LogP contribution is -2.53. The standard InChI is InChI=1S/C23H29ClN2O2S/c1-17(22(28)25-23(2,3)4)26(15-14-18-8-6-5-7-9-18)21(27)16-29-20-12-10-19(24)11-13-20/h5-13,17H,14-16H2,1-4H3,(H,25,28). The number of amides is 2. The molecule has 0 radical (unpaired) electrons. The van der Waals surface area contributed by atoms with E-state index in [-0.39, 0.29) is 23.1 Å². The predicted molar refractivity (Wildman–Crippen MR) is 121 cm³/mol. The van der Waals surface area contributed by atoms with Crippen LogP contribution >= 0.6 is 23.4 Å². The van der Waals surface area contributed by atoms with Gasteiger partial charge in [0, 0.05) is 22.0 Å². The molecule has 4 nitrogen and oxygen atoms in total. The van der Waals surface area contributed by atoms with Crippen LogP contribution in [0.1, 0.15) is 33.3 Å². The normalized spacial score (nSPS) is 12.3. The van der Waals surface area contributed by atoms with Gasteiger partial charge in [0.1, 0.15) is 6.04 Å². The first-order chi connectivity index (χ1) is 13.7. The molecule has 2 rings (SSSR count). The van der Waals surface area contributed by atoms with Crippen LogP contribution in [0, 0.1) is 0 Å². The summed E-state index contributed by atoms with van der Waals surface area (Å²) >= 11 is 7.37. The van der Waals surface area contributed by atoms with Crippen LogP contribution in [0.3, 0.4) is 0 Å². The molecule has 6 heteroatoms. The summed E-state index contributed by atoms with van der Waals surface area (Å²) in [7, 11) is 0. The van der Waals surface area contributed by atoms with Crippen molar-refractivity contribution in [2.75, 3.05) is 12.3 Å². The molecule has 0 aliphatic heterocycles. The summed E-state index contributed by atoms with van der Waals surface area (Å²) in [5, 5.41) is 3.64. The van der Waals surface area contributed by atoms with Crippen molar-refractivity contribution >= 4 is 35.2 Å². The topological polar surface area (TPSA) is 49.4 Å². The summed E-state index contributed by atoms with van der Waals surface area (Å²) in [6.45, 7) is 8.08. The minimum absolute atomic E-state index is 0.0579. The molecule has 1 N–H and O–H groups in total. The quantitative estimate of drug-likeness (QED) is 0.609. The van der Waals surface area contributed by atoms with E-state index in [2.05, 4.69) is 5.32 Å². The molecule has 1 unspecified atom stereocenters. The zero-order chi connectivity index (χ0) is 21.4. The van der Waals surface area contributed by atoms with E-state index >= 15 is 0 Å². The molecule has 0 bridgehead atoms. The number of hydrogen-bond acceptors (Lipinski definition) is 3. The Balaban J connectivity index is 2.07. The second-order valence-electron chi connectivity index (χ2n) is 7.98. The number of carbonyl (C=O) groups excluding carboxylic acids is 2. The summed E-state index contributed by atoms with van der Waals surface area (Å²) in [6.07, 6.45) is 0.700. The maximum atomic E-state index is 13.0. The van der Waals surface area contributed by atoms with Gasteiger partial charge in [-0.05, 0) is 63.9 Å². The van der Waals surface area contributed by atoms with Gasteiger partial charge in [-0.15, -0.1) is 11.8 Å². The Morgan fingerprint density at radius 2 is 1.69 bits per heavy atom. The van der Waals surface area contributed by atoms with E-state index < -0.39 is 6.04 Å². The zero-order valence-electron chi connectivity index (χ0n) is 17.4. The van der Waals surface area contributed by atoms with Crippen LogP contribution in [0.4, 0.5) is 0 Å². The fraction of sp³-hybridized carbons (Fsp3) is 0.391. The lowest BCUT2D eigenvalue weighted by molar-refractivity contribution is -0.138. The number of benzene rings is 2. The highest BCUT2D eigenvalue weighted by Crippen LogP contribution is 2.21. The van der Waals surface area contributed by atoms with E-state index in [9.17, 15) is 9.59 Å². The number of thioether (sulfide) groups is 1. The van der Waals surface area contributed by atoms with Gasteiger partial charge >= 0.3 is 0 Å². The maximum absolute atomic E-state index is 13.0. The third kappa shape index (κ3) is 8.11. The molecular formula is C23H29ClN2O2S. The van der Waals surface area contributed by atoms with Crippen LogP contribution in [0.25, 0.3) is 0 Å². The largest absolute Gasteiger partial charge is 0.350 e. The van der Waals surface area contributed by atoms with Gasteiger partial charge in [-0.2, -0.15) is 0 Å². The molecule has 2 aromatic carbocycles. The highest BCUT2D eigenvalue weighted by atomic mass is 35.5. The van der Waals surface area contributed by atoms with Crippen LogP contribution < -0.4 is 5.32 Å². The average Bonchev–Trinajstić information content (AvgIpc) is 2.67. The van der Waals surface area contributed by atoms with E-state index in [0.717, 1.165) is 10.5 Å². The number of carbonyl (C=O) groups is 2. The highest BCUT2D eigenvalue weighted by molar-refractivity contribution is 8.00. The maximum Gasteiger partial charge on any atom is 0.242 e. The van der Waals surface area contributed by atoms with Crippen molar-refractivity contribution in [1.29, 1.82) is 0 Å². The van der Waals surface area contributed by atoms with E-state index in [0.29, 0.717) is 18.0 Å². The van der Waals surface area contributed by atoms with Crippen LogP contribution in [-0.2, 0) is 16.0 Å². The Morgan fingerprint density at radius 3 is 2.28 bits per heavy atom. The first kappa shape index (κ1) is 23.3. The molecule has 0 spiro atoms. The lowest BCUT2D eigenvalue weighted by Gasteiger charge is -2.31. The number of nitrogens with one attached hydrogen (secondary N) is 1. The summed E-state index contributed by atoms with van der Waals surface area (Å²) < 4.78 is 0. The number of nitrogens with zero attached hydrogens (tertiary/aromatic N) is 1. The van der Waals surface area contributed by atoms with Gasteiger partial charge in [-0.1, -0.05) is 41.9 Å². The molecule has 0 aromatic heterocycles. The van der Waals surface area contributed by atoms with E-state index in [1.807, 2.05) is 63.2 Å². The smallest absolute Gasteiger partial charge is 0.242 e. The second kappa shape index (κ2) is 10.7. The summed E-state index contributed by atoms with van der Waals surface area (Å²) in [5.74, 6) is 0.0664. The van der Waals surface area contributed by atoms with Crippen LogP contribution in [0.5, 0.6) is 0 Å². The van der Waals surface area contributed by atoms with E-state index in [4.69, 9.17) is 11.6 Å². The van der Waals surface area contributed by atoms with Crippen LogP contribution in [0.15, 0.2) is 59.5 Å². The Morgan fingerprint density at radius 1 is 1.07 bits per heavy atom. The van der Waals surface area contributed by atoms with Gasteiger partial charge in [-0.25, -0.2) is 0 Å².